The summed E-state index contributed by atoms with van der Waals surface area (Å²) in [5.74, 6) is 0. The Morgan fingerprint density at radius 3 is 2.14 bits per heavy atom. The van der Waals surface area contributed by atoms with Crippen LogP contribution in [0, 0.1) is 10.8 Å². The number of aromatic amines is 1. The first-order valence-electron chi connectivity index (χ1n) is 13.5. The number of benzene rings is 1. The number of unbranched alkanes of at least 4 members (excludes halogenated alkanes) is 1. The molecule has 0 unspecified atom stereocenters. The largest absolute Gasteiger partial charge is 0.268 e. The van der Waals surface area contributed by atoms with Crippen molar-refractivity contribution in [2.75, 3.05) is 0 Å². The summed E-state index contributed by atoms with van der Waals surface area (Å²) in [6.07, 6.45) is 11.5. The molecular weight excluding hydrogens is 428 g/mol. The average Bonchev–Trinajstić information content (AvgIpc) is 3.15. The zero-order valence-electron chi connectivity index (χ0n) is 24.1. The number of hydrogen-bond acceptors (Lipinski definition) is 1. The molecule has 0 amide bonds. The Morgan fingerprint density at radius 2 is 1.60 bits per heavy atom. The molecule has 1 aromatic heterocycles. The summed E-state index contributed by atoms with van der Waals surface area (Å²) in [4.78, 5) is 11.7. The van der Waals surface area contributed by atoms with Crippen LogP contribution in [0.5, 0.6) is 0 Å². The Balaban J connectivity index is 0.000000334. The Morgan fingerprint density at radius 1 is 0.971 bits per heavy atom. The summed E-state index contributed by atoms with van der Waals surface area (Å²) < 4.78 is 1.92. The van der Waals surface area contributed by atoms with Crippen LogP contribution in [-0.4, -0.2) is 9.78 Å². The zero-order valence-corrected chi connectivity index (χ0v) is 24.1. The van der Waals surface area contributed by atoms with Gasteiger partial charge in [-0.25, -0.2) is 0 Å². The summed E-state index contributed by atoms with van der Waals surface area (Å²) >= 11 is 0. The van der Waals surface area contributed by atoms with Crippen molar-refractivity contribution in [1.29, 1.82) is 0 Å². The van der Waals surface area contributed by atoms with Gasteiger partial charge in [0.2, 0.25) is 0 Å². The first-order valence-corrected chi connectivity index (χ1v) is 13.5. The molecule has 3 nitrogen and oxygen atoms in total. The standard InChI is InChI=1S/C21H26N2O.C11H24/c1-15-13-17(16-9-11-18(12-10-16)21(2,3)4)7-5-6-8-19-14-20(24)22-23(15)19;1-7-8-9-11(5,6)10(2,3)4/h7,9-14H,5-6,8H2,1-4H3,(H,22,24);7-9H2,1-6H3/b15-13-,17-7+;. The molecule has 35 heavy (non-hydrogen) atoms. The highest BCUT2D eigenvalue weighted by Crippen LogP contribution is 2.41. The average molecular weight is 479 g/mol. The van der Waals surface area contributed by atoms with Crippen LogP contribution in [0.25, 0.3) is 11.3 Å². The van der Waals surface area contributed by atoms with E-state index in [9.17, 15) is 4.79 Å². The molecule has 0 bridgehead atoms. The Hall–Kier alpha value is -2.29. The van der Waals surface area contributed by atoms with Gasteiger partial charge in [0.1, 0.15) is 0 Å². The highest BCUT2D eigenvalue weighted by atomic mass is 16.1. The lowest BCUT2D eigenvalue weighted by Gasteiger charge is -2.39. The lowest BCUT2D eigenvalue weighted by molar-refractivity contribution is 0.116. The molecule has 1 aromatic carbocycles. The van der Waals surface area contributed by atoms with E-state index in [0.29, 0.717) is 10.8 Å². The fourth-order valence-corrected chi connectivity index (χ4v) is 4.18. The third-order valence-electron chi connectivity index (χ3n) is 7.80. The molecule has 3 heteroatoms. The van der Waals surface area contributed by atoms with Gasteiger partial charge >= 0.3 is 0 Å². The first-order chi connectivity index (χ1) is 16.2. The van der Waals surface area contributed by atoms with Gasteiger partial charge in [-0.05, 0) is 71.6 Å². The van der Waals surface area contributed by atoms with Gasteiger partial charge in [0.15, 0.2) is 0 Å². The van der Waals surface area contributed by atoms with E-state index in [1.165, 1.54) is 36.0 Å². The molecule has 0 spiro atoms. The molecule has 0 saturated carbocycles. The molecule has 0 atom stereocenters. The number of nitrogens with zero attached hydrogens (tertiary/aromatic N) is 1. The van der Waals surface area contributed by atoms with Gasteiger partial charge in [-0.2, -0.15) is 0 Å². The molecule has 0 fully saturated rings. The van der Waals surface area contributed by atoms with Crippen LogP contribution in [-0.2, 0) is 11.8 Å². The third kappa shape index (κ3) is 8.12. The summed E-state index contributed by atoms with van der Waals surface area (Å²) in [6.45, 7) is 22.8. The van der Waals surface area contributed by atoms with E-state index in [4.69, 9.17) is 0 Å². The van der Waals surface area contributed by atoms with Crippen LogP contribution in [0.4, 0.5) is 0 Å². The van der Waals surface area contributed by atoms with Gasteiger partial charge < -0.3 is 0 Å². The minimum absolute atomic E-state index is 0.0293. The van der Waals surface area contributed by atoms with E-state index >= 15 is 0 Å². The molecule has 194 valence electrons. The van der Waals surface area contributed by atoms with Gasteiger partial charge in [-0.15, -0.1) is 0 Å². The maximum Gasteiger partial charge on any atom is 0.264 e. The van der Waals surface area contributed by atoms with E-state index in [1.807, 2.05) is 11.6 Å². The third-order valence-corrected chi connectivity index (χ3v) is 7.80. The van der Waals surface area contributed by atoms with E-state index in [1.54, 1.807) is 6.07 Å². The molecule has 2 heterocycles. The van der Waals surface area contributed by atoms with Crippen molar-refractivity contribution in [3.8, 4) is 0 Å². The van der Waals surface area contributed by atoms with Gasteiger partial charge in [-0.1, -0.05) is 105 Å². The van der Waals surface area contributed by atoms with E-state index in [-0.39, 0.29) is 11.0 Å². The molecule has 3 rings (SSSR count). The minimum Gasteiger partial charge on any atom is -0.268 e. The van der Waals surface area contributed by atoms with Gasteiger partial charge in [0.25, 0.3) is 5.56 Å². The van der Waals surface area contributed by atoms with Crippen LogP contribution in [0.3, 0.4) is 0 Å². The number of aryl methyl sites for hydroxylation is 1. The second kappa shape index (κ2) is 11.6. The molecule has 0 saturated heterocycles. The highest BCUT2D eigenvalue weighted by Gasteiger charge is 2.31. The topological polar surface area (TPSA) is 37.8 Å². The van der Waals surface area contributed by atoms with Crippen molar-refractivity contribution in [3.63, 3.8) is 0 Å². The lowest BCUT2D eigenvalue weighted by atomic mass is 9.67. The normalized spacial score (nSPS) is 18.0. The van der Waals surface area contributed by atoms with Crippen LogP contribution >= 0.6 is 0 Å². The molecule has 0 aliphatic carbocycles. The molecular formula is C32H50N2O. The van der Waals surface area contributed by atoms with Crippen LogP contribution in [0.2, 0.25) is 0 Å². The van der Waals surface area contributed by atoms with E-state index < -0.39 is 0 Å². The Kier molecular flexibility index (Phi) is 9.62. The fraction of sp³-hybridized carbons (Fsp3) is 0.594. The SMILES string of the molecule is C/C1=C/C(c2ccc(C(C)(C)C)cc2)=C\CCCc2cc(=O)[nH]n21.CCCCC(C)(C)C(C)(C)C. The molecule has 0 radical (unpaired) electrons. The molecule has 1 N–H and O–H groups in total. The highest BCUT2D eigenvalue weighted by molar-refractivity contribution is 5.79. The summed E-state index contributed by atoms with van der Waals surface area (Å²) in [5.41, 5.74) is 6.95. The van der Waals surface area contributed by atoms with Gasteiger partial charge in [0, 0.05) is 17.5 Å². The van der Waals surface area contributed by atoms with Crippen LogP contribution in [0.15, 0.2) is 47.3 Å². The van der Waals surface area contributed by atoms with Crippen molar-refractivity contribution in [2.45, 2.75) is 113 Å². The predicted molar refractivity (Wildman–Crippen MR) is 154 cm³/mol. The summed E-state index contributed by atoms with van der Waals surface area (Å²) in [7, 11) is 0. The minimum atomic E-state index is -0.0293. The molecule has 1 aliphatic heterocycles. The van der Waals surface area contributed by atoms with Crippen LogP contribution < -0.4 is 5.56 Å². The second-order valence-electron chi connectivity index (χ2n) is 12.8. The predicted octanol–water partition coefficient (Wildman–Crippen LogP) is 9.00. The second-order valence-corrected chi connectivity index (χ2v) is 12.8. The first kappa shape index (κ1) is 28.9. The van der Waals surface area contributed by atoms with Crippen molar-refractivity contribution < 1.29 is 0 Å². The zero-order chi connectivity index (χ0) is 26.4. The quantitative estimate of drug-likeness (QED) is 0.467. The Bertz CT molecular complexity index is 1060. The molecule has 1 aliphatic rings. The monoisotopic (exact) mass is 478 g/mol. The van der Waals surface area contributed by atoms with Crippen molar-refractivity contribution >= 4 is 11.3 Å². The Labute approximate surface area is 214 Å². The van der Waals surface area contributed by atoms with Crippen molar-refractivity contribution in [1.82, 2.24) is 9.78 Å². The summed E-state index contributed by atoms with van der Waals surface area (Å²) in [5, 5.41) is 2.91. The molecule has 2 aromatic rings. The van der Waals surface area contributed by atoms with Crippen molar-refractivity contribution in [2.24, 2.45) is 10.8 Å². The van der Waals surface area contributed by atoms with Gasteiger partial charge in [0.05, 0.1) is 0 Å². The van der Waals surface area contributed by atoms with Gasteiger partial charge in [-0.3, -0.25) is 14.6 Å². The fourth-order valence-electron chi connectivity index (χ4n) is 4.18. The number of nitrogens with one attached hydrogen (secondary N) is 1. The summed E-state index contributed by atoms with van der Waals surface area (Å²) in [6, 6.07) is 10.5. The van der Waals surface area contributed by atoms with E-state index in [0.717, 1.165) is 30.7 Å². The lowest BCUT2D eigenvalue weighted by Crippen LogP contribution is -2.29. The number of aromatic nitrogens is 2. The maximum atomic E-state index is 11.7. The number of H-pyrrole nitrogens is 1. The van der Waals surface area contributed by atoms with E-state index in [2.05, 4.69) is 104 Å². The van der Waals surface area contributed by atoms with Crippen molar-refractivity contribution in [3.05, 3.63) is 69.7 Å². The number of allylic oxidation sites excluding steroid dienone is 4. The smallest absolute Gasteiger partial charge is 0.264 e. The maximum absolute atomic E-state index is 11.7. The number of hydrogen-bond donors (Lipinski definition) is 1. The van der Waals surface area contributed by atoms with Crippen LogP contribution in [0.1, 0.15) is 118 Å². The number of fused-ring (bicyclic) bond motifs is 1. The number of rotatable bonds is 4.